The highest BCUT2D eigenvalue weighted by molar-refractivity contribution is 6.30. The number of carbonyl (C=O) groups is 1. The van der Waals surface area contributed by atoms with Gasteiger partial charge < -0.3 is 9.73 Å². The molecule has 3 rings (SSSR count). The lowest BCUT2D eigenvalue weighted by Crippen LogP contribution is -2.00. The van der Waals surface area contributed by atoms with Crippen LogP contribution in [0.5, 0.6) is 0 Å². The second-order valence-electron chi connectivity index (χ2n) is 5.88. The Hall–Kier alpha value is -2.52. The summed E-state index contributed by atoms with van der Waals surface area (Å²) in [6, 6.07) is 19.0. The number of hydrogen-bond acceptors (Lipinski definition) is 3. The summed E-state index contributed by atoms with van der Waals surface area (Å²) in [7, 11) is 0. The normalized spacial score (nSPS) is 10.6. The topological polar surface area (TPSA) is 42.2 Å². The molecular weight excluding hydrogens is 334 g/mol. The molecule has 0 spiro atoms. The predicted molar refractivity (Wildman–Crippen MR) is 102 cm³/mol. The van der Waals surface area contributed by atoms with Crippen LogP contribution in [0.2, 0.25) is 5.02 Å². The van der Waals surface area contributed by atoms with Crippen LogP contribution in [0.25, 0.3) is 11.3 Å². The molecule has 0 unspecified atom stereocenters. The molecule has 0 saturated heterocycles. The molecule has 0 amide bonds. The number of benzene rings is 2. The molecule has 0 aliphatic rings. The third-order valence-electron chi connectivity index (χ3n) is 3.92. The lowest BCUT2D eigenvalue weighted by molar-refractivity contribution is 0.0982. The first-order valence-electron chi connectivity index (χ1n) is 8.37. The number of ketones is 1. The van der Waals surface area contributed by atoms with E-state index in [0.29, 0.717) is 18.0 Å². The van der Waals surface area contributed by atoms with Crippen molar-refractivity contribution in [1.29, 1.82) is 0 Å². The van der Waals surface area contributed by atoms with E-state index in [4.69, 9.17) is 16.0 Å². The molecule has 0 aliphatic carbocycles. The molecule has 0 atom stereocenters. The predicted octanol–water partition coefficient (Wildman–Crippen LogP) is 6.19. The van der Waals surface area contributed by atoms with Crippen molar-refractivity contribution in [2.24, 2.45) is 0 Å². The highest BCUT2D eigenvalue weighted by Gasteiger charge is 2.07. The van der Waals surface area contributed by atoms with E-state index in [0.717, 1.165) is 34.8 Å². The van der Waals surface area contributed by atoms with E-state index in [-0.39, 0.29) is 5.78 Å². The van der Waals surface area contributed by atoms with Gasteiger partial charge in [-0.05, 0) is 55.0 Å². The minimum absolute atomic E-state index is 0.186. The molecule has 0 aliphatic heterocycles. The number of carbonyl (C=O) groups excluding carboxylic acids is 1. The van der Waals surface area contributed by atoms with E-state index in [1.165, 1.54) is 0 Å². The second kappa shape index (κ2) is 8.04. The zero-order valence-corrected chi connectivity index (χ0v) is 14.8. The molecule has 3 aromatic rings. The van der Waals surface area contributed by atoms with Gasteiger partial charge in [-0.2, -0.15) is 0 Å². The summed E-state index contributed by atoms with van der Waals surface area (Å²) >= 11 is 6.02. The van der Waals surface area contributed by atoms with E-state index in [1.54, 1.807) is 0 Å². The lowest BCUT2D eigenvalue weighted by Gasteiger charge is -2.06. The molecule has 1 heterocycles. The molecule has 0 radical (unpaired) electrons. The fourth-order valence-corrected chi connectivity index (χ4v) is 2.79. The first-order chi connectivity index (χ1) is 12.2. The summed E-state index contributed by atoms with van der Waals surface area (Å²) in [4.78, 5) is 11.9. The Morgan fingerprint density at radius 2 is 1.88 bits per heavy atom. The Kier molecular flexibility index (Phi) is 5.56. The third-order valence-corrected chi connectivity index (χ3v) is 4.16. The van der Waals surface area contributed by atoms with Gasteiger partial charge >= 0.3 is 0 Å². The largest absolute Gasteiger partial charge is 0.459 e. The Balaban J connectivity index is 1.61. The van der Waals surface area contributed by atoms with Crippen molar-refractivity contribution in [2.75, 3.05) is 5.32 Å². The smallest absolute Gasteiger partial charge is 0.162 e. The summed E-state index contributed by atoms with van der Waals surface area (Å²) < 4.78 is 5.87. The molecule has 128 valence electrons. The fourth-order valence-electron chi connectivity index (χ4n) is 2.60. The maximum atomic E-state index is 11.9. The van der Waals surface area contributed by atoms with Crippen LogP contribution < -0.4 is 5.32 Å². The van der Waals surface area contributed by atoms with Gasteiger partial charge in [-0.25, -0.2) is 0 Å². The molecule has 1 N–H and O–H groups in total. The first-order valence-corrected chi connectivity index (χ1v) is 8.75. The molecule has 3 nitrogen and oxygen atoms in total. The molecule has 25 heavy (non-hydrogen) atoms. The van der Waals surface area contributed by atoms with Crippen LogP contribution in [0.4, 0.5) is 5.69 Å². The van der Waals surface area contributed by atoms with E-state index in [9.17, 15) is 4.79 Å². The van der Waals surface area contributed by atoms with Crippen molar-refractivity contribution in [2.45, 2.75) is 26.3 Å². The molecule has 0 saturated carbocycles. The van der Waals surface area contributed by atoms with Crippen molar-refractivity contribution >= 4 is 23.1 Å². The number of nitrogens with one attached hydrogen (secondary N) is 1. The van der Waals surface area contributed by atoms with Crippen molar-refractivity contribution < 1.29 is 9.21 Å². The van der Waals surface area contributed by atoms with Crippen LogP contribution in [-0.4, -0.2) is 5.78 Å². The van der Waals surface area contributed by atoms with Crippen LogP contribution in [0.15, 0.2) is 65.1 Å². The minimum atomic E-state index is 0.186. The Morgan fingerprint density at radius 3 is 2.60 bits per heavy atom. The van der Waals surface area contributed by atoms with Crippen molar-refractivity contribution in [3.63, 3.8) is 0 Å². The summed E-state index contributed by atoms with van der Waals surface area (Å²) in [5.74, 6) is 1.81. The maximum Gasteiger partial charge on any atom is 0.162 e. The molecule has 0 bridgehead atoms. The average molecular weight is 354 g/mol. The minimum Gasteiger partial charge on any atom is -0.459 e. The Labute approximate surface area is 152 Å². The van der Waals surface area contributed by atoms with Crippen LogP contribution in [0, 0.1) is 0 Å². The van der Waals surface area contributed by atoms with E-state index in [2.05, 4.69) is 5.32 Å². The molecule has 2 aromatic carbocycles. The number of furan rings is 1. The zero-order valence-electron chi connectivity index (χ0n) is 14.1. The highest BCUT2D eigenvalue weighted by atomic mass is 35.5. The molecular formula is C21H20ClNO2. The summed E-state index contributed by atoms with van der Waals surface area (Å²) in [5, 5.41) is 3.99. The fraction of sp³-hybridized carbons (Fsp3) is 0.190. The second-order valence-corrected chi connectivity index (χ2v) is 6.32. The van der Waals surface area contributed by atoms with Gasteiger partial charge in [-0.1, -0.05) is 30.7 Å². The average Bonchev–Trinajstić information content (AvgIpc) is 3.10. The molecule has 1 aromatic heterocycles. The summed E-state index contributed by atoms with van der Waals surface area (Å²) in [6.07, 6.45) is 1.46. The van der Waals surface area contributed by atoms with Crippen LogP contribution in [0.3, 0.4) is 0 Å². The van der Waals surface area contributed by atoms with Crippen LogP contribution in [-0.2, 0) is 6.54 Å². The van der Waals surface area contributed by atoms with Gasteiger partial charge in [0.05, 0.1) is 6.54 Å². The van der Waals surface area contributed by atoms with E-state index in [1.807, 2.05) is 67.6 Å². The van der Waals surface area contributed by atoms with Crippen LogP contribution >= 0.6 is 11.6 Å². The van der Waals surface area contributed by atoms with Gasteiger partial charge in [-0.3, -0.25) is 4.79 Å². The third kappa shape index (κ3) is 4.52. The van der Waals surface area contributed by atoms with Gasteiger partial charge in [0, 0.05) is 28.3 Å². The van der Waals surface area contributed by atoms with Crippen molar-refractivity contribution in [3.8, 4) is 11.3 Å². The van der Waals surface area contributed by atoms with Gasteiger partial charge in [0.25, 0.3) is 0 Å². The quantitative estimate of drug-likeness (QED) is 0.514. The first kappa shape index (κ1) is 17.3. The molecule has 4 heteroatoms. The summed E-state index contributed by atoms with van der Waals surface area (Å²) in [5.41, 5.74) is 2.67. The van der Waals surface area contributed by atoms with Gasteiger partial charge in [-0.15, -0.1) is 0 Å². The monoisotopic (exact) mass is 353 g/mol. The maximum absolute atomic E-state index is 11.9. The van der Waals surface area contributed by atoms with Crippen molar-refractivity contribution in [3.05, 3.63) is 77.0 Å². The van der Waals surface area contributed by atoms with E-state index >= 15 is 0 Å². The van der Waals surface area contributed by atoms with Crippen LogP contribution in [0.1, 0.15) is 35.9 Å². The van der Waals surface area contributed by atoms with Gasteiger partial charge in [0.1, 0.15) is 11.5 Å². The standard InChI is InChI=1S/C21H20ClNO2/c1-2-4-20(24)15-7-9-18(10-8-15)23-14-19-11-12-21(25-19)16-5-3-6-17(22)13-16/h3,5-13,23H,2,4,14H2,1H3. The number of halogens is 1. The lowest BCUT2D eigenvalue weighted by atomic mass is 10.1. The Morgan fingerprint density at radius 1 is 1.08 bits per heavy atom. The van der Waals surface area contributed by atoms with Crippen molar-refractivity contribution in [1.82, 2.24) is 0 Å². The Bertz CT molecular complexity index is 852. The SMILES string of the molecule is CCCC(=O)c1ccc(NCc2ccc(-c3cccc(Cl)c3)o2)cc1. The number of rotatable bonds is 7. The zero-order chi connectivity index (χ0) is 17.6. The molecule has 0 fully saturated rings. The number of anilines is 1. The van der Waals surface area contributed by atoms with Gasteiger partial charge in [0.2, 0.25) is 0 Å². The highest BCUT2D eigenvalue weighted by Crippen LogP contribution is 2.25. The number of hydrogen-bond donors (Lipinski definition) is 1. The van der Waals surface area contributed by atoms with Gasteiger partial charge in [0.15, 0.2) is 5.78 Å². The summed E-state index contributed by atoms with van der Waals surface area (Å²) in [6.45, 7) is 2.58. The number of Topliss-reactive ketones (excluding diaryl/α,β-unsaturated/α-hetero) is 1. The van der Waals surface area contributed by atoms with E-state index < -0.39 is 0 Å².